The Kier molecular flexibility index (Phi) is 4.32. The minimum atomic E-state index is -3.18. The van der Waals surface area contributed by atoms with Gasteiger partial charge in [-0.15, -0.1) is 0 Å². The van der Waals surface area contributed by atoms with Crippen LogP contribution in [0.2, 0.25) is 5.02 Å². The van der Waals surface area contributed by atoms with Gasteiger partial charge in [0.2, 0.25) is 0 Å². The van der Waals surface area contributed by atoms with Crippen LogP contribution in [0.15, 0.2) is 65.6 Å². The summed E-state index contributed by atoms with van der Waals surface area (Å²) in [7, 11) is -3.18. The molecule has 0 N–H and O–H groups in total. The van der Waals surface area contributed by atoms with Crippen molar-refractivity contribution in [1.82, 2.24) is 0 Å². The molecule has 134 valence electrons. The third kappa shape index (κ3) is 3.26. The van der Waals surface area contributed by atoms with E-state index in [-0.39, 0.29) is 5.41 Å². The Hall–Kier alpha value is -1.84. The van der Waals surface area contributed by atoms with Crippen LogP contribution in [0, 0.1) is 5.41 Å². The molecule has 1 fully saturated rings. The van der Waals surface area contributed by atoms with Crippen LogP contribution in [0.3, 0.4) is 0 Å². The van der Waals surface area contributed by atoms with Crippen LogP contribution in [-0.2, 0) is 9.84 Å². The maximum absolute atomic E-state index is 11.7. The number of allylic oxidation sites excluding steroid dienone is 4. The first-order chi connectivity index (χ1) is 12.4. The molecule has 0 heterocycles. The van der Waals surface area contributed by atoms with E-state index in [1.54, 1.807) is 12.1 Å². The third-order valence-electron chi connectivity index (χ3n) is 5.44. The smallest absolute Gasteiger partial charge is 0.175 e. The van der Waals surface area contributed by atoms with E-state index in [4.69, 9.17) is 11.6 Å². The zero-order valence-electron chi connectivity index (χ0n) is 14.7. The fraction of sp³-hybridized carbons (Fsp3) is 0.273. The molecular formula is C22H21ClO2S. The van der Waals surface area contributed by atoms with Gasteiger partial charge < -0.3 is 0 Å². The van der Waals surface area contributed by atoms with Crippen LogP contribution >= 0.6 is 11.6 Å². The summed E-state index contributed by atoms with van der Waals surface area (Å²) in [5, 5.41) is 0.728. The van der Waals surface area contributed by atoms with Crippen molar-refractivity contribution in [2.75, 3.05) is 6.26 Å². The lowest BCUT2D eigenvalue weighted by molar-refractivity contribution is 0.523. The van der Waals surface area contributed by atoms with Gasteiger partial charge in [0.1, 0.15) is 0 Å². The highest BCUT2D eigenvalue weighted by atomic mass is 35.5. The second kappa shape index (κ2) is 6.40. The summed E-state index contributed by atoms with van der Waals surface area (Å²) in [6.07, 6.45) is 10.9. The SMILES string of the molecule is CS(=O)(=O)c1ccc(C2=CC3(C=C2c2ccc(Cl)cc2)CCCC3)cc1. The first-order valence-electron chi connectivity index (χ1n) is 8.89. The molecule has 4 heteroatoms. The lowest BCUT2D eigenvalue weighted by atomic mass is 9.88. The summed E-state index contributed by atoms with van der Waals surface area (Å²) in [5.41, 5.74) is 4.75. The van der Waals surface area contributed by atoms with Gasteiger partial charge in [0.15, 0.2) is 9.84 Å². The summed E-state index contributed by atoms with van der Waals surface area (Å²) in [5.74, 6) is 0. The van der Waals surface area contributed by atoms with Crippen LogP contribution in [0.4, 0.5) is 0 Å². The molecule has 26 heavy (non-hydrogen) atoms. The van der Waals surface area contributed by atoms with Crippen molar-refractivity contribution >= 4 is 32.6 Å². The summed E-state index contributed by atoms with van der Waals surface area (Å²) < 4.78 is 23.5. The van der Waals surface area contributed by atoms with E-state index in [0.29, 0.717) is 4.90 Å². The number of hydrogen-bond donors (Lipinski definition) is 0. The molecule has 0 bridgehead atoms. The molecule has 2 aliphatic carbocycles. The number of rotatable bonds is 3. The molecule has 0 unspecified atom stereocenters. The van der Waals surface area contributed by atoms with Gasteiger partial charge in [-0.3, -0.25) is 0 Å². The predicted octanol–water partition coefficient (Wildman–Crippen LogP) is 5.78. The molecule has 0 saturated heterocycles. The van der Waals surface area contributed by atoms with Gasteiger partial charge >= 0.3 is 0 Å². The highest BCUT2D eigenvalue weighted by molar-refractivity contribution is 7.90. The Balaban J connectivity index is 1.79. The Morgan fingerprint density at radius 2 is 1.27 bits per heavy atom. The molecule has 0 amide bonds. The van der Waals surface area contributed by atoms with E-state index >= 15 is 0 Å². The normalized spacial score (nSPS) is 18.8. The Labute approximate surface area is 160 Å². The van der Waals surface area contributed by atoms with Crippen LogP contribution in [0.5, 0.6) is 0 Å². The molecule has 2 aromatic carbocycles. The van der Waals surface area contributed by atoms with Crippen molar-refractivity contribution in [1.29, 1.82) is 0 Å². The number of halogens is 1. The lowest BCUT2D eigenvalue weighted by Crippen LogP contribution is -2.05. The van der Waals surface area contributed by atoms with Crippen molar-refractivity contribution in [3.8, 4) is 0 Å². The van der Waals surface area contributed by atoms with Gasteiger partial charge in [-0.25, -0.2) is 8.42 Å². The summed E-state index contributed by atoms with van der Waals surface area (Å²) >= 11 is 6.06. The van der Waals surface area contributed by atoms with Gasteiger partial charge in [0, 0.05) is 16.7 Å². The second-order valence-corrected chi connectivity index (χ2v) is 9.81. The van der Waals surface area contributed by atoms with Crippen LogP contribution < -0.4 is 0 Å². The molecule has 2 nitrogen and oxygen atoms in total. The topological polar surface area (TPSA) is 34.1 Å². The summed E-state index contributed by atoms with van der Waals surface area (Å²) in [4.78, 5) is 0.354. The molecule has 4 rings (SSSR count). The van der Waals surface area contributed by atoms with E-state index in [2.05, 4.69) is 24.3 Å². The predicted molar refractivity (Wildman–Crippen MR) is 108 cm³/mol. The Bertz CT molecular complexity index is 991. The molecule has 1 saturated carbocycles. The maximum Gasteiger partial charge on any atom is 0.175 e. The lowest BCUT2D eigenvalue weighted by Gasteiger charge is -2.16. The van der Waals surface area contributed by atoms with Crippen molar-refractivity contribution in [3.05, 3.63) is 76.8 Å². The van der Waals surface area contributed by atoms with E-state index in [9.17, 15) is 8.42 Å². The van der Waals surface area contributed by atoms with Gasteiger partial charge in [-0.05, 0) is 59.4 Å². The molecule has 2 aromatic rings. The number of benzene rings is 2. The largest absolute Gasteiger partial charge is 0.224 e. The average molecular weight is 385 g/mol. The second-order valence-electron chi connectivity index (χ2n) is 7.36. The molecule has 1 spiro atoms. The highest BCUT2D eigenvalue weighted by Crippen LogP contribution is 2.52. The monoisotopic (exact) mass is 384 g/mol. The average Bonchev–Trinajstić information content (AvgIpc) is 3.22. The molecule has 2 aliphatic rings. The van der Waals surface area contributed by atoms with Crippen molar-refractivity contribution in [2.24, 2.45) is 5.41 Å². The number of sulfone groups is 1. The standard InChI is InChI=1S/C22H21ClO2S/c1-26(24,25)19-10-6-17(7-11-19)21-15-22(12-2-3-13-22)14-20(21)16-4-8-18(23)9-5-16/h4-11,14-15H,2-3,12-13H2,1H3. The van der Waals surface area contributed by atoms with Crippen LogP contribution in [0.25, 0.3) is 11.1 Å². The fourth-order valence-electron chi connectivity index (χ4n) is 4.08. The van der Waals surface area contributed by atoms with Crippen molar-refractivity contribution in [3.63, 3.8) is 0 Å². The molecule has 0 aliphatic heterocycles. The highest BCUT2D eigenvalue weighted by Gasteiger charge is 2.35. The van der Waals surface area contributed by atoms with E-state index in [1.807, 2.05) is 24.3 Å². The maximum atomic E-state index is 11.7. The molecule has 0 aromatic heterocycles. The van der Waals surface area contributed by atoms with Crippen LogP contribution in [0.1, 0.15) is 36.8 Å². The Morgan fingerprint density at radius 1 is 0.808 bits per heavy atom. The Morgan fingerprint density at radius 3 is 1.73 bits per heavy atom. The summed E-state index contributed by atoms with van der Waals surface area (Å²) in [6, 6.07) is 15.2. The zero-order valence-corrected chi connectivity index (χ0v) is 16.3. The van der Waals surface area contributed by atoms with E-state index in [1.165, 1.54) is 43.1 Å². The first kappa shape index (κ1) is 17.6. The third-order valence-corrected chi connectivity index (χ3v) is 6.82. The van der Waals surface area contributed by atoms with Gasteiger partial charge in [-0.1, -0.05) is 60.9 Å². The van der Waals surface area contributed by atoms with Crippen molar-refractivity contribution < 1.29 is 8.42 Å². The minimum Gasteiger partial charge on any atom is -0.224 e. The summed E-state index contributed by atoms with van der Waals surface area (Å²) in [6.45, 7) is 0. The van der Waals surface area contributed by atoms with Crippen molar-refractivity contribution in [2.45, 2.75) is 30.6 Å². The molecule has 0 radical (unpaired) electrons. The van der Waals surface area contributed by atoms with E-state index in [0.717, 1.165) is 16.1 Å². The minimum absolute atomic E-state index is 0.139. The molecular weight excluding hydrogens is 364 g/mol. The number of hydrogen-bond acceptors (Lipinski definition) is 2. The quantitative estimate of drug-likeness (QED) is 0.671. The fourth-order valence-corrected chi connectivity index (χ4v) is 4.84. The molecule has 0 atom stereocenters. The van der Waals surface area contributed by atoms with Gasteiger partial charge in [-0.2, -0.15) is 0 Å². The van der Waals surface area contributed by atoms with Gasteiger partial charge in [0.05, 0.1) is 4.90 Å². The van der Waals surface area contributed by atoms with Gasteiger partial charge in [0.25, 0.3) is 0 Å². The van der Waals surface area contributed by atoms with E-state index < -0.39 is 9.84 Å². The van der Waals surface area contributed by atoms with Crippen LogP contribution in [-0.4, -0.2) is 14.7 Å². The zero-order chi connectivity index (χ0) is 18.4. The first-order valence-corrected chi connectivity index (χ1v) is 11.2.